The molecule has 8 nitrogen and oxygen atoms in total. The maximum Gasteiger partial charge on any atom is 0.183 e. The fourth-order valence-corrected chi connectivity index (χ4v) is 4.89. The third-order valence-corrected chi connectivity index (χ3v) is 6.54. The Morgan fingerprint density at radius 2 is 1.94 bits per heavy atom. The van der Waals surface area contributed by atoms with Crippen molar-refractivity contribution >= 4 is 17.2 Å². The highest BCUT2D eigenvalue weighted by molar-refractivity contribution is 5.62. The molecule has 0 aliphatic carbocycles. The highest BCUT2D eigenvalue weighted by atomic mass is 19.1. The predicted molar refractivity (Wildman–Crippen MR) is 119 cm³/mol. The molecule has 2 aliphatic rings. The molecule has 3 aromatic heterocycles. The molecule has 0 spiro atoms. The molecule has 0 saturated carbocycles. The van der Waals surface area contributed by atoms with Gasteiger partial charge in [0.15, 0.2) is 5.65 Å². The second-order valence-corrected chi connectivity index (χ2v) is 8.63. The molecule has 4 aromatic rings. The van der Waals surface area contributed by atoms with Gasteiger partial charge in [-0.25, -0.2) is 23.0 Å². The van der Waals surface area contributed by atoms with E-state index in [0.717, 1.165) is 43.2 Å². The largest absolute Gasteiger partial charge is 0.391 e. The predicted octanol–water partition coefficient (Wildman–Crippen LogP) is 3.11. The Balaban J connectivity index is 1.35. The molecule has 170 valence electrons. The molecule has 33 heavy (non-hydrogen) atoms. The number of aliphatic hydroxyl groups is 1. The minimum atomic E-state index is -0.445. The van der Waals surface area contributed by atoms with Gasteiger partial charge in [-0.1, -0.05) is 0 Å². The van der Waals surface area contributed by atoms with Gasteiger partial charge in [-0.3, -0.25) is 0 Å². The summed E-state index contributed by atoms with van der Waals surface area (Å²) in [6.45, 7) is 2.09. The van der Waals surface area contributed by atoms with Crippen molar-refractivity contribution in [3.05, 3.63) is 66.3 Å². The van der Waals surface area contributed by atoms with E-state index in [4.69, 9.17) is 4.98 Å². The summed E-state index contributed by atoms with van der Waals surface area (Å²) >= 11 is 0. The Morgan fingerprint density at radius 1 is 1.03 bits per heavy atom. The molecule has 5 heterocycles. The van der Waals surface area contributed by atoms with Crippen molar-refractivity contribution in [1.82, 2.24) is 24.4 Å². The Bertz CT molecular complexity index is 1320. The van der Waals surface area contributed by atoms with Crippen LogP contribution in [-0.2, 0) is 0 Å². The van der Waals surface area contributed by atoms with Crippen LogP contribution in [0.5, 0.6) is 0 Å². The lowest BCUT2D eigenvalue weighted by atomic mass is 10.0. The number of hydrogen-bond acceptors (Lipinski definition) is 6. The molecule has 1 N–H and O–H groups in total. The molecule has 6 rings (SSSR count). The molecule has 10 heteroatoms. The second kappa shape index (κ2) is 7.80. The van der Waals surface area contributed by atoms with Crippen molar-refractivity contribution in [3.63, 3.8) is 0 Å². The van der Waals surface area contributed by atoms with Crippen LogP contribution in [0.2, 0.25) is 0 Å². The molecule has 0 bridgehead atoms. The number of aliphatic hydroxyl groups excluding tert-OH is 1. The number of anilines is 2. The van der Waals surface area contributed by atoms with E-state index in [-0.39, 0.29) is 12.1 Å². The molecule has 1 unspecified atom stereocenters. The number of β-amino-alcohol motifs (C(OH)–C–C–N with tert-alkyl or cyclic N) is 1. The van der Waals surface area contributed by atoms with Gasteiger partial charge in [0.25, 0.3) is 0 Å². The van der Waals surface area contributed by atoms with E-state index in [2.05, 4.69) is 15.1 Å². The summed E-state index contributed by atoms with van der Waals surface area (Å²) in [6.07, 6.45) is 9.22. The SMILES string of the molecule is OC1CCN(c2cnn(-c3cnn4ccc(N5CCC[C@@H]5c5cc(F)ccc5F)nc34)c2)C1. The summed E-state index contributed by atoms with van der Waals surface area (Å²) in [4.78, 5) is 8.96. The third kappa shape index (κ3) is 3.50. The number of halogens is 2. The maximum atomic E-state index is 14.5. The zero-order valence-electron chi connectivity index (χ0n) is 17.8. The molecule has 2 aliphatic heterocycles. The highest BCUT2D eigenvalue weighted by Gasteiger charge is 2.30. The maximum absolute atomic E-state index is 14.5. The first-order chi connectivity index (χ1) is 16.1. The van der Waals surface area contributed by atoms with Gasteiger partial charge < -0.3 is 14.9 Å². The fourth-order valence-electron chi connectivity index (χ4n) is 4.89. The van der Waals surface area contributed by atoms with E-state index < -0.39 is 11.6 Å². The molecule has 2 atom stereocenters. The average Bonchev–Trinajstić information content (AvgIpc) is 3.60. The summed E-state index contributed by atoms with van der Waals surface area (Å²) in [6, 6.07) is 5.17. The van der Waals surface area contributed by atoms with E-state index in [1.54, 1.807) is 21.6 Å². The fraction of sp³-hybridized carbons (Fsp3) is 0.348. The summed E-state index contributed by atoms with van der Waals surface area (Å²) in [5.74, 6) is -0.166. The smallest absolute Gasteiger partial charge is 0.183 e. The Morgan fingerprint density at radius 3 is 2.79 bits per heavy atom. The molecule has 0 radical (unpaired) electrons. The van der Waals surface area contributed by atoms with E-state index in [1.165, 1.54) is 12.1 Å². The number of aromatic nitrogens is 5. The number of rotatable bonds is 4. The van der Waals surface area contributed by atoms with Crippen LogP contribution in [0.1, 0.15) is 30.9 Å². The van der Waals surface area contributed by atoms with Crippen LogP contribution < -0.4 is 9.80 Å². The highest BCUT2D eigenvalue weighted by Crippen LogP contribution is 2.37. The van der Waals surface area contributed by atoms with E-state index in [1.807, 2.05) is 23.4 Å². The topological polar surface area (TPSA) is 74.7 Å². The lowest BCUT2D eigenvalue weighted by molar-refractivity contribution is 0.198. The minimum Gasteiger partial charge on any atom is -0.391 e. The van der Waals surface area contributed by atoms with Gasteiger partial charge in [0.1, 0.15) is 23.1 Å². The van der Waals surface area contributed by atoms with Crippen molar-refractivity contribution in [2.45, 2.75) is 31.4 Å². The summed E-state index contributed by atoms with van der Waals surface area (Å²) in [7, 11) is 0. The Hall–Kier alpha value is -3.53. The molecule has 1 aromatic carbocycles. The van der Waals surface area contributed by atoms with Crippen LogP contribution >= 0.6 is 0 Å². The Labute approximate surface area is 188 Å². The van der Waals surface area contributed by atoms with Gasteiger partial charge in [-0.15, -0.1) is 0 Å². The molecular weight excluding hydrogens is 428 g/mol. The zero-order chi connectivity index (χ0) is 22.5. The van der Waals surface area contributed by atoms with Crippen molar-refractivity contribution in [2.75, 3.05) is 29.4 Å². The lowest BCUT2D eigenvalue weighted by Crippen LogP contribution is -2.24. The van der Waals surface area contributed by atoms with Gasteiger partial charge >= 0.3 is 0 Å². The third-order valence-electron chi connectivity index (χ3n) is 6.54. The number of benzene rings is 1. The van der Waals surface area contributed by atoms with Crippen molar-refractivity contribution in [1.29, 1.82) is 0 Å². The average molecular weight is 451 g/mol. The minimum absolute atomic E-state index is 0.278. The summed E-state index contributed by atoms with van der Waals surface area (Å²) in [5, 5.41) is 18.7. The van der Waals surface area contributed by atoms with Crippen molar-refractivity contribution in [3.8, 4) is 5.69 Å². The number of hydrogen-bond donors (Lipinski definition) is 1. The van der Waals surface area contributed by atoms with E-state index >= 15 is 0 Å². The van der Waals surface area contributed by atoms with Gasteiger partial charge in [-0.05, 0) is 43.5 Å². The van der Waals surface area contributed by atoms with Crippen molar-refractivity contribution < 1.29 is 13.9 Å². The van der Waals surface area contributed by atoms with Crippen LogP contribution in [0.15, 0.2) is 49.1 Å². The molecule has 0 amide bonds. The lowest BCUT2D eigenvalue weighted by Gasteiger charge is -2.26. The summed E-state index contributed by atoms with van der Waals surface area (Å²) in [5.41, 5.74) is 2.63. The van der Waals surface area contributed by atoms with Gasteiger partial charge in [0, 0.05) is 31.4 Å². The number of fused-ring (bicyclic) bond motifs is 1. The quantitative estimate of drug-likeness (QED) is 0.514. The van der Waals surface area contributed by atoms with Crippen LogP contribution in [-0.4, -0.2) is 55.2 Å². The summed E-state index contributed by atoms with van der Waals surface area (Å²) < 4.78 is 31.7. The standard InChI is InChI=1S/C23H23F2N7O/c24-15-3-4-19(25)18(10-15)20-2-1-7-30(20)22-6-9-31-23(28-22)21(12-27-31)32-13-16(11-26-32)29-8-5-17(33)14-29/h3-4,6,9-13,17,20,33H,1-2,5,7-8,14H2/t17?,20-/m1/s1. The van der Waals surface area contributed by atoms with Crippen LogP contribution in [0.25, 0.3) is 11.3 Å². The Kier molecular flexibility index (Phi) is 4.75. The van der Waals surface area contributed by atoms with Gasteiger partial charge in [-0.2, -0.15) is 10.2 Å². The number of nitrogens with zero attached hydrogens (tertiary/aromatic N) is 7. The molecular formula is C23H23F2N7O. The van der Waals surface area contributed by atoms with E-state index in [0.29, 0.717) is 30.1 Å². The normalized spacial score (nSPS) is 20.9. The van der Waals surface area contributed by atoms with Crippen LogP contribution in [0.4, 0.5) is 20.3 Å². The second-order valence-electron chi connectivity index (χ2n) is 8.63. The van der Waals surface area contributed by atoms with Gasteiger partial charge in [0.2, 0.25) is 0 Å². The molecule has 2 fully saturated rings. The van der Waals surface area contributed by atoms with Crippen LogP contribution in [0, 0.1) is 11.6 Å². The first kappa shape index (κ1) is 20.1. The first-order valence-electron chi connectivity index (χ1n) is 11.1. The van der Waals surface area contributed by atoms with E-state index in [9.17, 15) is 13.9 Å². The van der Waals surface area contributed by atoms with Gasteiger partial charge in [0.05, 0.1) is 36.4 Å². The zero-order valence-corrected chi connectivity index (χ0v) is 17.8. The van der Waals surface area contributed by atoms with Crippen molar-refractivity contribution in [2.24, 2.45) is 0 Å². The van der Waals surface area contributed by atoms with Crippen LogP contribution in [0.3, 0.4) is 0 Å². The monoisotopic (exact) mass is 451 g/mol. The first-order valence-corrected chi connectivity index (χ1v) is 11.1. The molecule has 2 saturated heterocycles.